The number of nitrogens with one attached hydrogen (secondary N) is 1. The number of halogens is 1. The van der Waals surface area contributed by atoms with Crippen LogP contribution in [0.15, 0.2) is 60.0 Å². The number of aromatic nitrogens is 3. The molecule has 5 nitrogen and oxygen atoms in total. The Kier molecular flexibility index (Phi) is 4.76. The average Bonchev–Trinajstić information content (AvgIpc) is 3.29. The van der Waals surface area contributed by atoms with Crippen LogP contribution in [-0.4, -0.2) is 25.9 Å². The van der Waals surface area contributed by atoms with Crippen molar-refractivity contribution in [1.82, 2.24) is 14.5 Å². The third-order valence-corrected chi connectivity index (χ3v) is 5.94. The fourth-order valence-corrected chi connectivity index (χ4v) is 4.34. The summed E-state index contributed by atoms with van der Waals surface area (Å²) < 4.78 is 20.1. The van der Waals surface area contributed by atoms with Gasteiger partial charge < -0.3 is 14.3 Å². The lowest BCUT2D eigenvalue weighted by atomic mass is 10.1. The van der Waals surface area contributed by atoms with Crippen molar-refractivity contribution in [2.24, 2.45) is 0 Å². The quantitative estimate of drug-likeness (QED) is 0.532. The largest absolute Gasteiger partial charge is 0.496 e. The highest BCUT2D eigenvalue weighted by molar-refractivity contribution is 7.84. The molecule has 2 heterocycles. The van der Waals surface area contributed by atoms with Crippen LogP contribution in [0.5, 0.6) is 5.75 Å². The van der Waals surface area contributed by atoms with Gasteiger partial charge in [-0.1, -0.05) is 23.7 Å². The molecule has 0 saturated carbocycles. The van der Waals surface area contributed by atoms with Gasteiger partial charge in [-0.3, -0.25) is 4.21 Å². The summed E-state index contributed by atoms with van der Waals surface area (Å²) in [5.74, 6) is 1.17. The summed E-state index contributed by atoms with van der Waals surface area (Å²) in [4.78, 5) is 7.69. The molecule has 0 aliphatic heterocycles. The number of methoxy groups -OCH3 is 1. The molecule has 0 fully saturated rings. The van der Waals surface area contributed by atoms with Gasteiger partial charge >= 0.3 is 0 Å². The zero-order valence-electron chi connectivity index (χ0n) is 14.9. The number of ether oxygens (including phenoxy) is 1. The van der Waals surface area contributed by atoms with Gasteiger partial charge in [-0.15, -0.1) is 0 Å². The van der Waals surface area contributed by atoms with Crippen molar-refractivity contribution in [3.63, 3.8) is 0 Å². The van der Waals surface area contributed by atoms with Crippen LogP contribution in [0.3, 0.4) is 0 Å². The molecule has 1 N–H and O–H groups in total. The molecular formula is C20H18ClN3O2S. The van der Waals surface area contributed by atoms with Crippen LogP contribution in [-0.2, 0) is 16.6 Å². The second-order valence-electron chi connectivity index (χ2n) is 6.21. The molecule has 7 heteroatoms. The minimum Gasteiger partial charge on any atom is -0.496 e. The number of benzene rings is 2. The SMILES string of the molecule is COc1cccc(CS(=O)c2nc3ccc(-n4ccc(Cl)c4)cc3[nH]2)c1C. The predicted molar refractivity (Wildman–Crippen MR) is 108 cm³/mol. The van der Waals surface area contributed by atoms with Crippen LogP contribution < -0.4 is 4.74 Å². The molecule has 2 aromatic heterocycles. The molecule has 4 rings (SSSR count). The van der Waals surface area contributed by atoms with E-state index in [0.717, 1.165) is 33.6 Å². The number of H-pyrrole nitrogens is 1. The van der Waals surface area contributed by atoms with Gasteiger partial charge in [0.1, 0.15) is 5.75 Å². The van der Waals surface area contributed by atoms with E-state index in [1.54, 1.807) is 7.11 Å². The molecule has 1 atom stereocenters. The summed E-state index contributed by atoms with van der Waals surface area (Å²) in [5.41, 5.74) is 4.55. The lowest BCUT2D eigenvalue weighted by molar-refractivity contribution is 0.411. The van der Waals surface area contributed by atoms with Gasteiger partial charge in [-0.2, -0.15) is 0 Å². The first-order valence-electron chi connectivity index (χ1n) is 8.39. The molecule has 0 bridgehead atoms. The molecule has 4 aromatic rings. The maximum atomic E-state index is 12.8. The van der Waals surface area contributed by atoms with Gasteiger partial charge in [0.25, 0.3) is 0 Å². The summed E-state index contributed by atoms with van der Waals surface area (Å²) >= 11 is 6.00. The number of aromatic amines is 1. The van der Waals surface area contributed by atoms with Crippen molar-refractivity contribution in [1.29, 1.82) is 0 Å². The Balaban J connectivity index is 1.63. The highest BCUT2D eigenvalue weighted by atomic mass is 35.5. The minimum atomic E-state index is -1.28. The summed E-state index contributed by atoms with van der Waals surface area (Å²) in [6.07, 6.45) is 3.73. The first-order chi connectivity index (χ1) is 13.0. The first-order valence-corrected chi connectivity index (χ1v) is 10.1. The summed E-state index contributed by atoms with van der Waals surface area (Å²) in [6, 6.07) is 13.4. The minimum absolute atomic E-state index is 0.378. The van der Waals surface area contributed by atoms with E-state index in [9.17, 15) is 4.21 Å². The summed E-state index contributed by atoms with van der Waals surface area (Å²) in [7, 11) is 0.352. The van der Waals surface area contributed by atoms with E-state index >= 15 is 0 Å². The predicted octanol–water partition coefficient (Wildman–Crippen LogP) is 4.63. The van der Waals surface area contributed by atoms with E-state index < -0.39 is 10.8 Å². The molecular weight excluding hydrogens is 382 g/mol. The third kappa shape index (κ3) is 3.50. The Labute approximate surface area is 164 Å². The van der Waals surface area contributed by atoms with Crippen molar-refractivity contribution in [2.75, 3.05) is 7.11 Å². The highest BCUT2D eigenvalue weighted by Gasteiger charge is 2.14. The molecule has 0 amide bonds. The Morgan fingerprint density at radius 1 is 1.26 bits per heavy atom. The molecule has 0 saturated heterocycles. The normalized spacial score (nSPS) is 12.4. The van der Waals surface area contributed by atoms with Crippen LogP contribution in [0.25, 0.3) is 16.7 Å². The zero-order chi connectivity index (χ0) is 19.0. The van der Waals surface area contributed by atoms with Crippen molar-refractivity contribution in [3.8, 4) is 11.4 Å². The lowest BCUT2D eigenvalue weighted by Crippen LogP contribution is -2.01. The number of nitrogens with zero attached hydrogens (tertiary/aromatic N) is 2. The van der Waals surface area contributed by atoms with Crippen molar-refractivity contribution < 1.29 is 8.95 Å². The lowest BCUT2D eigenvalue weighted by Gasteiger charge is -2.09. The van der Waals surface area contributed by atoms with Gasteiger partial charge in [0.15, 0.2) is 5.16 Å². The smallest absolute Gasteiger partial charge is 0.197 e. The van der Waals surface area contributed by atoms with Crippen LogP contribution in [0.4, 0.5) is 0 Å². The number of hydrogen-bond donors (Lipinski definition) is 1. The molecule has 0 aliphatic carbocycles. The molecule has 0 radical (unpaired) electrons. The number of fused-ring (bicyclic) bond motifs is 1. The Morgan fingerprint density at radius 3 is 2.85 bits per heavy atom. The molecule has 1 unspecified atom stereocenters. The van der Waals surface area contributed by atoms with Crippen molar-refractivity contribution in [3.05, 3.63) is 71.0 Å². The van der Waals surface area contributed by atoms with Crippen molar-refractivity contribution >= 4 is 33.4 Å². The van der Waals surface area contributed by atoms with E-state index in [1.807, 2.05) is 66.3 Å². The second-order valence-corrected chi connectivity index (χ2v) is 8.02. The van der Waals surface area contributed by atoms with Crippen LogP contribution in [0, 0.1) is 6.92 Å². The number of hydrogen-bond acceptors (Lipinski definition) is 3. The zero-order valence-corrected chi connectivity index (χ0v) is 16.5. The topological polar surface area (TPSA) is 59.9 Å². The fourth-order valence-electron chi connectivity index (χ4n) is 3.02. The monoisotopic (exact) mass is 399 g/mol. The highest BCUT2D eigenvalue weighted by Crippen LogP contribution is 2.24. The third-order valence-electron chi connectivity index (χ3n) is 4.52. The van der Waals surface area contributed by atoms with E-state index in [2.05, 4.69) is 9.97 Å². The van der Waals surface area contributed by atoms with Crippen LogP contribution >= 0.6 is 11.6 Å². The fraction of sp³-hybridized carbons (Fsp3) is 0.150. The first kappa shape index (κ1) is 17.8. The summed E-state index contributed by atoms with van der Waals surface area (Å²) in [6.45, 7) is 1.97. The number of rotatable bonds is 5. The molecule has 0 aliphatic rings. The molecule has 2 aromatic carbocycles. The molecule has 0 spiro atoms. The number of imidazole rings is 1. The van der Waals surface area contributed by atoms with Crippen LogP contribution in [0.1, 0.15) is 11.1 Å². The second kappa shape index (κ2) is 7.21. The van der Waals surface area contributed by atoms with Gasteiger partial charge in [0.05, 0.1) is 39.7 Å². The maximum Gasteiger partial charge on any atom is 0.197 e. The van der Waals surface area contributed by atoms with E-state index in [4.69, 9.17) is 16.3 Å². The van der Waals surface area contributed by atoms with Crippen LogP contribution in [0.2, 0.25) is 5.02 Å². The Hall–Kier alpha value is -2.57. The van der Waals surface area contributed by atoms with Gasteiger partial charge in [0, 0.05) is 18.1 Å². The van der Waals surface area contributed by atoms with E-state index in [-0.39, 0.29) is 0 Å². The Bertz CT molecular complexity index is 1150. The van der Waals surface area contributed by atoms with E-state index in [1.165, 1.54) is 0 Å². The Morgan fingerprint density at radius 2 is 2.11 bits per heavy atom. The average molecular weight is 400 g/mol. The summed E-state index contributed by atoms with van der Waals surface area (Å²) in [5, 5.41) is 1.14. The van der Waals surface area contributed by atoms with E-state index in [0.29, 0.717) is 15.9 Å². The molecule has 138 valence electrons. The van der Waals surface area contributed by atoms with Gasteiger partial charge in [-0.05, 0) is 48.4 Å². The van der Waals surface area contributed by atoms with Gasteiger partial charge in [0.2, 0.25) is 0 Å². The van der Waals surface area contributed by atoms with Gasteiger partial charge in [-0.25, -0.2) is 4.98 Å². The standard InChI is InChI=1S/C20H18ClN3O2S/c1-13-14(4-3-5-19(13)26-2)12-27(25)20-22-17-7-6-16(10-18(17)23-20)24-9-8-15(21)11-24/h3-11H,12H2,1-2H3,(H,22,23). The van der Waals surface area contributed by atoms with Crippen molar-refractivity contribution in [2.45, 2.75) is 17.8 Å². The maximum absolute atomic E-state index is 12.8. The molecule has 27 heavy (non-hydrogen) atoms.